The highest BCUT2D eigenvalue weighted by molar-refractivity contribution is 7.16. The van der Waals surface area contributed by atoms with Gasteiger partial charge in [-0.2, -0.15) is 0 Å². The van der Waals surface area contributed by atoms with E-state index in [0.29, 0.717) is 13.0 Å². The molecule has 8 heteroatoms. The van der Waals surface area contributed by atoms with Gasteiger partial charge >= 0.3 is 0 Å². The molecule has 1 aliphatic rings. The molecule has 1 amide bonds. The van der Waals surface area contributed by atoms with Gasteiger partial charge in [-0.25, -0.2) is 8.78 Å². The van der Waals surface area contributed by atoms with Crippen molar-refractivity contribution in [3.63, 3.8) is 0 Å². The quantitative estimate of drug-likeness (QED) is 0.802. The second-order valence-electron chi connectivity index (χ2n) is 6.25. The molecule has 1 aromatic carbocycles. The molecule has 0 saturated carbocycles. The zero-order valence-corrected chi connectivity index (χ0v) is 15.8. The molecule has 1 aliphatic heterocycles. The van der Waals surface area contributed by atoms with Crippen LogP contribution >= 0.6 is 22.9 Å². The molecule has 1 fully saturated rings. The van der Waals surface area contributed by atoms with Gasteiger partial charge in [0.2, 0.25) is 5.91 Å². The molecule has 4 nitrogen and oxygen atoms in total. The molecule has 1 saturated heterocycles. The maximum absolute atomic E-state index is 13.2. The third kappa shape index (κ3) is 5.48. The molecular formula is C18H20ClF2N3OS. The summed E-state index contributed by atoms with van der Waals surface area (Å²) >= 11 is 7.57. The molecule has 1 N–H and O–H groups in total. The smallest absolute Gasteiger partial charge is 0.225 e. The van der Waals surface area contributed by atoms with Gasteiger partial charge in [-0.05, 0) is 24.3 Å². The standard InChI is InChI=1S/C18H20ClF2N3OS/c19-17-4-2-14(26-17)12-24-9-7-23(8-10-24)6-5-18(25)22-13-1-3-15(20)16(21)11-13/h1-4,11H,5-10,12H2,(H,22,25). The summed E-state index contributed by atoms with van der Waals surface area (Å²) in [6.45, 7) is 5.24. The van der Waals surface area contributed by atoms with Crippen LogP contribution in [0.25, 0.3) is 0 Å². The Hall–Kier alpha value is -1.54. The number of carbonyl (C=O) groups excluding carboxylic acids is 1. The van der Waals surface area contributed by atoms with Crippen molar-refractivity contribution in [1.82, 2.24) is 9.80 Å². The minimum absolute atomic E-state index is 0.202. The number of rotatable bonds is 6. The third-order valence-electron chi connectivity index (χ3n) is 4.33. The third-order valence-corrected chi connectivity index (χ3v) is 5.55. The summed E-state index contributed by atoms with van der Waals surface area (Å²) in [4.78, 5) is 17.9. The highest BCUT2D eigenvalue weighted by Gasteiger charge is 2.18. The maximum Gasteiger partial charge on any atom is 0.225 e. The first-order chi connectivity index (χ1) is 12.5. The molecule has 0 unspecified atom stereocenters. The van der Waals surface area contributed by atoms with Gasteiger partial charge in [-0.15, -0.1) is 11.3 Å². The summed E-state index contributed by atoms with van der Waals surface area (Å²) in [5.41, 5.74) is 0.272. The van der Waals surface area contributed by atoms with Crippen molar-refractivity contribution in [2.75, 3.05) is 38.0 Å². The Balaban J connectivity index is 1.37. The number of piperazine rings is 1. The Morgan fingerprint density at radius 3 is 2.46 bits per heavy atom. The minimum Gasteiger partial charge on any atom is -0.326 e. The van der Waals surface area contributed by atoms with Crippen LogP contribution in [0.3, 0.4) is 0 Å². The van der Waals surface area contributed by atoms with E-state index in [0.717, 1.165) is 49.2 Å². The molecule has 0 radical (unpaired) electrons. The van der Waals surface area contributed by atoms with E-state index in [1.165, 1.54) is 10.9 Å². The molecule has 1 aromatic heterocycles. The van der Waals surface area contributed by atoms with E-state index in [4.69, 9.17) is 11.6 Å². The number of halogens is 3. The van der Waals surface area contributed by atoms with Crippen LogP contribution < -0.4 is 5.32 Å². The predicted octanol–water partition coefficient (Wildman–Crippen LogP) is 3.83. The van der Waals surface area contributed by atoms with Crippen molar-refractivity contribution in [2.24, 2.45) is 0 Å². The number of thiophene rings is 1. The monoisotopic (exact) mass is 399 g/mol. The van der Waals surface area contributed by atoms with Crippen LogP contribution in [0.4, 0.5) is 14.5 Å². The summed E-state index contributed by atoms with van der Waals surface area (Å²) in [6, 6.07) is 7.32. The Morgan fingerprint density at radius 2 is 1.81 bits per heavy atom. The number of hydrogen-bond donors (Lipinski definition) is 1. The lowest BCUT2D eigenvalue weighted by atomic mass is 10.2. The number of nitrogens with zero attached hydrogens (tertiary/aromatic N) is 2. The summed E-state index contributed by atoms with van der Waals surface area (Å²) in [7, 11) is 0. The molecule has 0 bridgehead atoms. The Kier molecular flexibility index (Phi) is 6.58. The van der Waals surface area contributed by atoms with Gasteiger partial charge in [-0.3, -0.25) is 9.69 Å². The van der Waals surface area contributed by atoms with Gasteiger partial charge < -0.3 is 10.2 Å². The summed E-state index contributed by atoms with van der Waals surface area (Å²) < 4.78 is 26.9. The SMILES string of the molecule is O=C(CCN1CCN(Cc2ccc(Cl)s2)CC1)Nc1ccc(F)c(F)c1. The number of amides is 1. The van der Waals surface area contributed by atoms with E-state index in [-0.39, 0.29) is 11.6 Å². The van der Waals surface area contributed by atoms with E-state index in [1.54, 1.807) is 11.3 Å². The second-order valence-corrected chi connectivity index (χ2v) is 8.05. The summed E-state index contributed by atoms with van der Waals surface area (Å²) in [5, 5.41) is 2.60. The minimum atomic E-state index is -0.967. The second kappa shape index (κ2) is 8.90. The van der Waals surface area contributed by atoms with Crippen LogP contribution in [0.5, 0.6) is 0 Å². The van der Waals surface area contributed by atoms with E-state index in [9.17, 15) is 13.6 Å². The molecular weight excluding hydrogens is 380 g/mol. The average Bonchev–Trinajstić information content (AvgIpc) is 3.02. The van der Waals surface area contributed by atoms with E-state index < -0.39 is 11.6 Å². The molecule has 0 atom stereocenters. The first-order valence-electron chi connectivity index (χ1n) is 8.43. The molecule has 0 aliphatic carbocycles. The Labute approximate surface area is 160 Å². The lowest BCUT2D eigenvalue weighted by Gasteiger charge is -2.34. The van der Waals surface area contributed by atoms with E-state index >= 15 is 0 Å². The number of anilines is 1. The number of benzene rings is 1. The summed E-state index contributed by atoms with van der Waals surface area (Å²) in [5.74, 6) is -2.09. The van der Waals surface area contributed by atoms with Crippen LogP contribution in [0.2, 0.25) is 4.34 Å². The van der Waals surface area contributed by atoms with E-state index in [1.807, 2.05) is 6.07 Å². The maximum atomic E-state index is 13.2. The fourth-order valence-corrected chi connectivity index (χ4v) is 4.02. The van der Waals surface area contributed by atoms with Crippen LogP contribution in [0.15, 0.2) is 30.3 Å². The molecule has 26 heavy (non-hydrogen) atoms. The Bertz CT molecular complexity index is 763. The van der Waals surface area contributed by atoms with E-state index in [2.05, 4.69) is 21.2 Å². The zero-order valence-electron chi connectivity index (χ0n) is 14.2. The first-order valence-corrected chi connectivity index (χ1v) is 9.63. The van der Waals surface area contributed by atoms with Crippen LogP contribution in [-0.4, -0.2) is 48.4 Å². The number of nitrogens with one attached hydrogen (secondary N) is 1. The topological polar surface area (TPSA) is 35.6 Å². The van der Waals surface area contributed by atoms with Crippen LogP contribution in [-0.2, 0) is 11.3 Å². The Morgan fingerprint density at radius 1 is 1.08 bits per heavy atom. The lowest BCUT2D eigenvalue weighted by molar-refractivity contribution is -0.116. The van der Waals surface area contributed by atoms with Crippen LogP contribution in [0.1, 0.15) is 11.3 Å². The molecule has 2 heterocycles. The molecule has 140 valence electrons. The fraction of sp³-hybridized carbons (Fsp3) is 0.389. The highest BCUT2D eigenvalue weighted by Crippen LogP contribution is 2.23. The van der Waals surface area contributed by atoms with Gasteiger partial charge in [0, 0.05) is 62.3 Å². The van der Waals surface area contributed by atoms with Crippen molar-refractivity contribution in [2.45, 2.75) is 13.0 Å². The molecule has 0 spiro atoms. The molecule has 2 aromatic rings. The van der Waals surface area contributed by atoms with Gasteiger partial charge in [-0.1, -0.05) is 11.6 Å². The van der Waals surface area contributed by atoms with Crippen molar-refractivity contribution >= 4 is 34.5 Å². The highest BCUT2D eigenvalue weighted by atomic mass is 35.5. The van der Waals surface area contributed by atoms with Gasteiger partial charge in [0.25, 0.3) is 0 Å². The van der Waals surface area contributed by atoms with Gasteiger partial charge in [0.1, 0.15) is 0 Å². The number of carbonyl (C=O) groups is 1. The van der Waals surface area contributed by atoms with Crippen molar-refractivity contribution in [1.29, 1.82) is 0 Å². The van der Waals surface area contributed by atoms with Crippen molar-refractivity contribution in [3.8, 4) is 0 Å². The predicted molar refractivity (Wildman–Crippen MR) is 101 cm³/mol. The largest absolute Gasteiger partial charge is 0.326 e. The lowest BCUT2D eigenvalue weighted by Crippen LogP contribution is -2.46. The number of hydrogen-bond acceptors (Lipinski definition) is 4. The summed E-state index contributed by atoms with van der Waals surface area (Å²) in [6.07, 6.45) is 0.319. The van der Waals surface area contributed by atoms with Crippen molar-refractivity contribution in [3.05, 3.63) is 51.2 Å². The normalized spacial score (nSPS) is 16.0. The zero-order chi connectivity index (χ0) is 18.5. The van der Waals surface area contributed by atoms with Crippen molar-refractivity contribution < 1.29 is 13.6 Å². The molecule has 3 rings (SSSR count). The van der Waals surface area contributed by atoms with Gasteiger partial charge in [0.15, 0.2) is 11.6 Å². The fourth-order valence-electron chi connectivity index (χ4n) is 2.89. The van der Waals surface area contributed by atoms with Crippen LogP contribution in [0, 0.1) is 11.6 Å². The van der Waals surface area contributed by atoms with Gasteiger partial charge in [0.05, 0.1) is 4.34 Å². The average molecular weight is 400 g/mol. The first kappa shape index (κ1) is 19.2.